The van der Waals surface area contributed by atoms with Gasteiger partial charge >= 0.3 is 0 Å². The molecule has 0 aliphatic carbocycles. The van der Waals surface area contributed by atoms with Crippen molar-refractivity contribution < 1.29 is 4.79 Å². The smallest absolute Gasteiger partial charge is 0.223 e. The Labute approximate surface area is 124 Å². The monoisotopic (exact) mass is 290 g/mol. The van der Waals surface area contributed by atoms with Gasteiger partial charge in [0.1, 0.15) is 0 Å². The highest BCUT2D eigenvalue weighted by molar-refractivity contribution is 5.85. The first-order valence-corrected chi connectivity index (χ1v) is 7.39. The Morgan fingerprint density at radius 2 is 2.00 bits per heavy atom. The quantitative estimate of drug-likeness (QED) is 0.764. The Hall–Kier alpha value is -0.280. The molecule has 2 N–H and O–H groups in total. The maximum atomic E-state index is 12.0. The number of rotatable bonds is 5. The molecule has 1 fully saturated rings. The molecule has 0 unspecified atom stereocenters. The predicted molar refractivity (Wildman–Crippen MR) is 83.8 cm³/mol. The molecular weight excluding hydrogens is 260 g/mol. The second-order valence-electron chi connectivity index (χ2n) is 6.89. The van der Waals surface area contributed by atoms with E-state index in [0.717, 1.165) is 32.4 Å². The highest BCUT2D eigenvalue weighted by Gasteiger charge is 2.24. The fraction of sp³-hybridized carbons (Fsp3) is 0.933. The van der Waals surface area contributed by atoms with Gasteiger partial charge in [-0.25, -0.2) is 0 Å². The molecule has 2 atom stereocenters. The molecule has 0 spiro atoms. The normalized spacial score (nSPS) is 23.6. The lowest BCUT2D eigenvalue weighted by molar-refractivity contribution is -0.126. The van der Waals surface area contributed by atoms with Crippen LogP contribution in [0.2, 0.25) is 0 Å². The van der Waals surface area contributed by atoms with Crippen LogP contribution in [0, 0.1) is 11.3 Å². The van der Waals surface area contributed by atoms with Crippen molar-refractivity contribution in [1.82, 2.24) is 10.6 Å². The van der Waals surface area contributed by atoms with Crippen molar-refractivity contribution in [3.63, 3.8) is 0 Å². The summed E-state index contributed by atoms with van der Waals surface area (Å²) >= 11 is 0. The first-order valence-electron chi connectivity index (χ1n) is 7.39. The molecule has 1 saturated heterocycles. The van der Waals surface area contributed by atoms with Gasteiger partial charge in [-0.3, -0.25) is 4.79 Å². The fourth-order valence-electron chi connectivity index (χ4n) is 2.51. The number of amides is 1. The number of piperidine rings is 1. The number of carbonyl (C=O) groups excluding carboxylic acids is 1. The van der Waals surface area contributed by atoms with E-state index in [2.05, 4.69) is 38.3 Å². The van der Waals surface area contributed by atoms with Crippen LogP contribution < -0.4 is 10.6 Å². The summed E-state index contributed by atoms with van der Waals surface area (Å²) in [6.45, 7) is 10.8. The van der Waals surface area contributed by atoms with Gasteiger partial charge in [0.2, 0.25) is 5.91 Å². The van der Waals surface area contributed by atoms with Gasteiger partial charge in [-0.05, 0) is 44.6 Å². The second-order valence-corrected chi connectivity index (χ2v) is 6.89. The second kappa shape index (κ2) is 8.80. The van der Waals surface area contributed by atoms with Gasteiger partial charge in [0, 0.05) is 18.5 Å². The lowest BCUT2D eigenvalue weighted by atomic mass is 9.90. The van der Waals surface area contributed by atoms with Crippen LogP contribution in [0.4, 0.5) is 0 Å². The molecule has 1 amide bonds. The summed E-state index contributed by atoms with van der Waals surface area (Å²) in [6, 6.07) is 0.482. The highest BCUT2D eigenvalue weighted by Crippen LogP contribution is 2.21. The maximum Gasteiger partial charge on any atom is 0.223 e. The van der Waals surface area contributed by atoms with E-state index in [1.165, 1.54) is 12.8 Å². The van der Waals surface area contributed by atoms with Crippen molar-refractivity contribution in [3.05, 3.63) is 0 Å². The first-order chi connectivity index (χ1) is 8.38. The molecule has 3 nitrogen and oxygen atoms in total. The molecule has 0 bridgehead atoms. The van der Waals surface area contributed by atoms with Gasteiger partial charge in [-0.2, -0.15) is 0 Å². The Bertz CT molecular complexity index is 263. The van der Waals surface area contributed by atoms with Crippen LogP contribution in [0.25, 0.3) is 0 Å². The van der Waals surface area contributed by atoms with Gasteiger partial charge in [-0.15, -0.1) is 12.4 Å². The minimum absolute atomic E-state index is 0. The van der Waals surface area contributed by atoms with Gasteiger partial charge in [0.05, 0.1) is 0 Å². The molecule has 0 saturated carbocycles. The molecule has 19 heavy (non-hydrogen) atoms. The molecule has 4 heteroatoms. The van der Waals surface area contributed by atoms with Crippen LogP contribution in [0.5, 0.6) is 0 Å². The Morgan fingerprint density at radius 1 is 1.32 bits per heavy atom. The summed E-state index contributed by atoms with van der Waals surface area (Å²) in [6.07, 6.45) is 5.50. The summed E-state index contributed by atoms with van der Waals surface area (Å²) in [4.78, 5) is 12.0. The average molecular weight is 291 g/mol. The zero-order chi connectivity index (χ0) is 13.6. The Morgan fingerprint density at radius 3 is 2.58 bits per heavy atom. The molecule has 1 aliphatic rings. The number of carbonyl (C=O) groups is 1. The van der Waals surface area contributed by atoms with Crippen molar-refractivity contribution in [2.45, 2.75) is 65.8 Å². The Kier molecular flexibility index (Phi) is 8.67. The lowest BCUT2D eigenvalue weighted by Gasteiger charge is -2.27. The standard InChI is InChI=1S/C15H30N2O.ClH/c1-12-11-13(7-10-16-12)14(18)17-9-6-5-8-15(2,3)4;/h12-13,16H,5-11H2,1-4H3,(H,17,18);1H/t12-,13-;/m0./s1. The fourth-order valence-corrected chi connectivity index (χ4v) is 2.51. The molecular formula is C15H31ClN2O. The highest BCUT2D eigenvalue weighted by atomic mass is 35.5. The molecule has 0 aromatic carbocycles. The number of unbranched alkanes of at least 4 members (excludes halogenated alkanes) is 1. The zero-order valence-corrected chi connectivity index (χ0v) is 13.7. The van der Waals surface area contributed by atoms with Crippen LogP contribution in [0.3, 0.4) is 0 Å². The SMILES string of the molecule is C[C@H]1C[C@@H](C(=O)NCCCCC(C)(C)C)CCN1.Cl. The number of hydrogen-bond acceptors (Lipinski definition) is 2. The zero-order valence-electron chi connectivity index (χ0n) is 12.9. The van der Waals surface area contributed by atoms with Crippen molar-refractivity contribution in [1.29, 1.82) is 0 Å². The molecule has 1 rings (SSSR count). The molecule has 0 radical (unpaired) electrons. The topological polar surface area (TPSA) is 41.1 Å². The van der Waals surface area contributed by atoms with Crippen molar-refractivity contribution >= 4 is 18.3 Å². The average Bonchev–Trinajstić information content (AvgIpc) is 2.26. The number of hydrogen-bond donors (Lipinski definition) is 2. The van der Waals surface area contributed by atoms with Crippen LogP contribution in [-0.4, -0.2) is 25.0 Å². The van der Waals surface area contributed by atoms with Crippen LogP contribution in [0.15, 0.2) is 0 Å². The third kappa shape index (κ3) is 8.48. The molecule has 1 aliphatic heterocycles. The van der Waals surface area contributed by atoms with Crippen molar-refractivity contribution in [2.24, 2.45) is 11.3 Å². The summed E-state index contributed by atoms with van der Waals surface area (Å²) in [5, 5.41) is 6.47. The van der Waals surface area contributed by atoms with E-state index >= 15 is 0 Å². The predicted octanol–water partition coefficient (Wildman–Crippen LogP) is 3.13. The molecule has 0 aromatic heterocycles. The van der Waals surface area contributed by atoms with Crippen LogP contribution in [0.1, 0.15) is 59.8 Å². The number of halogens is 1. The third-order valence-corrected chi connectivity index (χ3v) is 3.65. The van der Waals surface area contributed by atoms with E-state index < -0.39 is 0 Å². The van der Waals surface area contributed by atoms with E-state index in [0.29, 0.717) is 11.5 Å². The number of nitrogens with one attached hydrogen (secondary N) is 2. The molecule has 114 valence electrons. The summed E-state index contributed by atoms with van der Waals surface area (Å²) < 4.78 is 0. The minimum atomic E-state index is 0. The van der Waals surface area contributed by atoms with Gasteiger partial charge in [0.25, 0.3) is 0 Å². The van der Waals surface area contributed by atoms with Crippen LogP contribution >= 0.6 is 12.4 Å². The Balaban J connectivity index is 0.00000324. The summed E-state index contributed by atoms with van der Waals surface area (Å²) in [5.74, 6) is 0.489. The first kappa shape index (κ1) is 18.7. The van der Waals surface area contributed by atoms with E-state index in [-0.39, 0.29) is 24.2 Å². The lowest BCUT2D eigenvalue weighted by Crippen LogP contribution is -2.42. The minimum Gasteiger partial charge on any atom is -0.356 e. The van der Waals surface area contributed by atoms with Crippen molar-refractivity contribution in [2.75, 3.05) is 13.1 Å². The maximum absolute atomic E-state index is 12.0. The van der Waals surface area contributed by atoms with E-state index in [4.69, 9.17) is 0 Å². The summed E-state index contributed by atoms with van der Waals surface area (Å²) in [5.41, 5.74) is 0.411. The largest absolute Gasteiger partial charge is 0.356 e. The van der Waals surface area contributed by atoms with Gasteiger partial charge < -0.3 is 10.6 Å². The van der Waals surface area contributed by atoms with Crippen LogP contribution in [-0.2, 0) is 4.79 Å². The van der Waals surface area contributed by atoms with E-state index in [1.807, 2.05) is 0 Å². The van der Waals surface area contributed by atoms with E-state index in [1.54, 1.807) is 0 Å². The molecule has 1 heterocycles. The molecule has 0 aromatic rings. The van der Waals surface area contributed by atoms with E-state index in [9.17, 15) is 4.79 Å². The van der Waals surface area contributed by atoms with Crippen molar-refractivity contribution in [3.8, 4) is 0 Å². The van der Waals surface area contributed by atoms with Gasteiger partial charge in [0.15, 0.2) is 0 Å². The van der Waals surface area contributed by atoms with Gasteiger partial charge in [-0.1, -0.05) is 27.2 Å². The summed E-state index contributed by atoms with van der Waals surface area (Å²) in [7, 11) is 0. The third-order valence-electron chi connectivity index (χ3n) is 3.65.